The highest BCUT2D eigenvalue weighted by molar-refractivity contribution is 7.80. The van der Waals surface area contributed by atoms with E-state index in [1.165, 1.54) is 0 Å². The summed E-state index contributed by atoms with van der Waals surface area (Å²) < 4.78 is 0. The van der Waals surface area contributed by atoms with Gasteiger partial charge in [-0.15, -0.1) is 12.6 Å². The van der Waals surface area contributed by atoms with Crippen LogP contribution in [0, 0.1) is 6.92 Å². The highest BCUT2D eigenvalue weighted by Crippen LogP contribution is 2.18. The van der Waals surface area contributed by atoms with Gasteiger partial charge in [0.25, 0.3) is 5.91 Å². The summed E-state index contributed by atoms with van der Waals surface area (Å²) >= 11 is 10.1. The Hall–Kier alpha value is -1.45. The van der Waals surface area contributed by atoms with Gasteiger partial charge in [-0.1, -0.05) is 23.7 Å². The molecule has 2 nitrogen and oxygen atoms in total. The van der Waals surface area contributed by atoms with Crippen LogP contribution in [0.4, 0.5) is 5.69 Å². The van der Waals surface area contributed by atoms with Gasteiger partial charge in [0.15, 0.2) is 0 Å². The van der Waals surface area contributed by atoms with E-state index >= 15 is 0 Å². The minimum atomic E-state index is -0.161. The number of amides is 1. The molecule has 18 heavy (non-hydrogen) atoms. The minimum absolute atomic E-state index is 0.161. The van der Waals surface area contributed by atoms with Crippen molar-refractivity contribution in [3.63, 3.8) is 0 Å². The van der Waals surface area contributed by atoms with Gasteiger partial charge in [0, 0.05) is 21.2 Å². The largest absolute Gasteiger partial charge is 0.322 e. The first-order valence-corrected chi connectivity index (χ1v) is 6.25. The summed E-state index contributed by atoms with van der Waals surface area (Å²) in [5, 5.41) is 3.40. The molecule has 0 aliphatic heterocycles. The van der Waals surface area contributed by atoms with Crippen molar-refractivity contribution < 1.29 is 4.79 Å². The predicted molar refractivity (Wildman–Crippen MR) is 77.8 cm³/mol. The van der Waals surface area contributed by atoms with Crippen LogP contribution in [0.15, 0.2) is 47.4 Å². The molecule has 4 heteroatoms. The Morgan fingerprint density at radius 2 is 2.00 bits per heavy atom. The number of hydrogen-bond donors (Lipinski definition) is 2. The van der Waals surface area contributed by atoms with Gasteiger partial charge in [-0.25, -0.2) is 0 Å². The summed E-state index contributed by atoms with van der Waals surface area (Å²) in [7, 11) is 0. The SMILES string of the molecule is Cc1ccc(S)cc1C(=O)Nc1cccc(Cl)c1. The molecule has 0 bridgehead atoms. The molecule has 2 rings (SSSR count). The van der Waals surface area contributed by atoms with Gasteiger partial charge in [-0.3, -0.25) is 4.79 Å². The topological polar surface area (TPSA) is 29.1 Å². The van der Waals surface area contributed by atoms with E-state index < -0.39 is 0 Å². The summed E-state index contributed by atoms with van der Waals surface area (Å²) in [6.45, 7) is 1.89. The molecule has 0 atom stereocenters. The first kappa shape index (κ1) is 13.0. The third-order valence-electron chi connectivity index (χ3n) is 2.55. The fourth-order valence-electron chi connectivity index (χ4n) is 1.62. The van der Waals surface area contributed by atoms with E-state index in [1.54, 1.807) is 30.3 Å². The van der Waals surface area contributed by atoms with Crippen molar-refractivity contribution in [2.75, 3.05) is 5.32 Å². The van der Waals surface area contributed by atoms with E-state index in [-0.39, 0.29) is 5.91 Å². The second kappa shape index (κ2) is 5.46. The first-order chi connectivity index (χ1) is 8.56. The molecule has 1 N–H and O–H groups in total. The Balaban J connectivity index is 2.24. The highest BCUT2D eigenvalue weighted by atomic mass is 35.5. The smallest absolute Gasteiger partial charge is 0.255 e. The van der Waals surface area contributed by atoms with Crippen molar-refractivity contribution in [3.05, 3.63) is 58.6 Å². The average Bonchev–Trinajstić information content (AvgIpc) is 2.32. The molecule has 0 saturated carbocycles. The van der Waals surface area contributed by atoms with E-state index in [4.69, 9.17) is 11.6 Å². The Labute approximate surface area is 116 Å². The van der Waals surface area contributed by atoms with Crippen LogP contribution in [-0.2, 0) is 0 Å². The number of hydrogen-bond acceptors (Lipinski definition) is 2. The molecule has 0 aromatic heterocycles. The van der Waals surface area contributed by atoms with Crippen LogP contribution < -0.4 is 5.32 Å². The van der Waals surface area contributed by atoms with Gasteiger partial charge < -0.3 is 5.32 Å². The van der Waals surface area contributed by atoms with Crippen LogP contribution in [-0.4, -0.2) is 5.91 Å². The summed E-state index contributed by atoms with van der Waals surface area (Å²) in [6.07, 6.45) is 0. The third kappa shape index (κ3) is 3.06. The molecule has 92 valence electrons. The zero-order chi connectivity index (χ0) is 13.1. The second-order valence-electron chi connectivity index (χ2n) is 3.96. The maximum atomic E-state index is 12.1. The standard InChI is InChI=1S/C14H12ClNOS/c1-9-5-6-12(18)8-13(9)14(17)16-11-4-2-3-10(15)7-11/h2-8,18H,1H3,(H,16,17). The number of carbonyl (C=O) groups is 1. The van der Waals surface area contributed by atoms with Gasteiger partial charge >= 0.3 is 0 Å². The van der Waals surface area contributed by atoms with Crippen molar-refractivity contribution in [2.24, 2.45) is 0 Å². The Morgan fingerprint density at radius 1 is 1.22 bits per heavy atom. The second-order valence-corrected chi connectivity index (χ2v) is 4.92. The van der Waals surface area contributed by atoms with Crippen molar-refractivity contribution >= 4 is 35.8 Å². The number of carbonyl (C=O) groups excluding carboxylic acids is 1. The van der Waals surface area contributed by atoms with E-state index in [1.807, 2.05) is 19.1 Å². The zero-order valence-corrected chi connectivity index (χ0v) is 11.4. The third-order valence-corrected chi connectivity index (χ3v) is 3.06. The Bertz CT molecular complexity index is 598. The lowest BCUT2D eigenvalue weighted by Gasteiger charge is -2.08. The van der Waals surface area contributed by atoms with E-state index in [0.717, 1.165) is 10.5 Å². The molecule has 2 aromatic carbocycles. The van der Waals surface area contributed by atoms with Crippen molar-refractivity contribution in [1.29, 1.82) is 0 Å². The lowest BCUT2D eigenvalue weighted by atomic mass is 10.1. The van der Waals surface area contributed by atoms with Gasteiger partial charge in [-0.2, -0.15) is 0 Å². The lowest BCUT2D eigenvalue weighted by molar-refractivity contribution is 0.102. The monoisotopic (exact) mass is 277 g/mol. The maximum absolute atomic E-state index is 12.1. The van der Waals surface area contributed by atoms with Crippen LogP contribution in [0.25, 0.3) is 0 Å². The Kier molecular flexibility index (Phi) is 3.94. The number of thiol groups is 1. The van der Waals surface area contributed by atoms with E-state index in [9.17, 15) is 4.79 Å². The number of benzene rings is 2. The molecule has 0 aliphatic rings. The van der Waals surface area contributed by atoms with Crippen LogP contribution in [0.5, 0.6) is 0 Å². The fourth-order valence-corrected chi connectivity index (χ4v) is 2.01. The van der Waals surface area contributed by atoms with E-state index in [2.05, 4.69) is 17.9 Å². The average molecular weight is 278 g/mol. The molecular formula is C14H12ClNOS. The molecule has 0 spiro atoms. The minimum Gasteiger partial charge on any atom is -0.322 e. The van der Waals surface area contributed by atoms with Gasteiger partial charge in [0.05, 0.1) is 0 Å². The maximum Gasteiger partial charge on any atom is 0.255 e. The normalized spacial score (nSPS) is 10.2. The molecule has 1 amide bonds. The fraction of sp³-hybridized carbons (Fsp3) is 0.0714. The van der Waals surface area contributed by atoms with Crippen LogP contribution in [0.2, 0.25) is 5.02 Å². The molecular weight excluding hydrogens is 266 g/mol. The van der Waals surface area contributed by atoms with Crippen LogP contribution >= 0.6 is 24.2 Å². The number of aryl methyl sites for hydroxylation is 1. The first-order valence-electron chi connectivity index (χ1n) is 5.43. The van der Waals surface area contributed by atoms with Gasteiger partial charge in [0.1, 0.15) is 0 Å². The van der Waals surface area contributed by atoms with Crippen molar-refractivity contribution in [1.82, 2.24) is 0 Å². The number of nitrogens with one attached hydrogen (secondary N) is 1. The Morgan fingerprint density at radius 3 is 2.72 bits per heavy atom. The van der Waals surface area contributed by atoms with Gasteiger partial charge in [0.2, 0.25) is 0 Å². The number of anilines is 1. The molecule has 0 saturated heterocycles. The zero-order valence-electron chi connectivity index (χ0n) is 9.77. The summed E-state index contributed by atoms with van der Waals surface area (Å²) in [5.74, 6) is -0.161. The number of halogens is 1. The van der Waals surface area contributed by atoms with Crippen molar-refractivity contribution in [3.8, 4) is 0 Å². The molecule has 2 aromatic rings. The molecule has 0 unspecified atom stereocenters. The summed E-state index contributed by atoms with van der Waals surface area (Å²) in [5.41, 5.74) is 2.20. The van der Waals surface area contributed by atoms with E-state index in [0.29, 0.717) is 16.3 Å². The predicted octanol–water partition coefficient (Wildman–Crippen LogP) is 4.19. The lowest BCUT2D eigenvalue weighted by Crippen LogP contribution is -2.13. The number of rotatable bonds is 2. The quantitative estimate of drug-likeness (QED) is 0.792. The van der Waals surface area contributed by atoms with Gasteiger partial charge in [-0.05, 0) is 42.8 Å². The molecule has 0 heterocycles. The summed E-state index contributed by atoms with van der Waals surface area (Å²) in [4.78, 5) is 12.9. The summed E-state index contributed by atoms with van der Waals surface area (Å²) in [6, 6.07) is 12.5. The van der Waals surface area contributed by atoms with Crippen LogP contribution in [0.1, 0.15) is 15.9 Å². The molecule has 0 fully saturated rings. The molecule has 0 radical (unpaired) electrons. The van der Waals surface area contributed by atoms with Crippen molar-refractivity contribution in [2.45, 2.75) is 11.8 Å². The molecule has 0 aliphatic carbocycles. The highest BCUT2D eigenvalue weighted by Gasteiger charge is 2.09. The van der Waals surface area contributed by atoms with Crippen LogP contribution in [0.3, 0.4) is 0 Å².